The van der Waals surface area contributed by atoms with Crippen molar-refractivity contribution in [2.24, 2.45) is 0 Å². The SMILES string of the molecule is CCC.Cc1[nH]c(=O)nc2c1ccc1ncccc12. The van der Waals surface area contributed by atoms with E-state index in [0.717, 1.165) is 22.0 Å². The third kappa shape index (κ3) is 2.62. The van der Waals surface area contributed by atoms with E-state index >= 15 is 0 Å². The van der Waals surface area contributed by atoms with Gasteiger partial charge in [-0.25, -0.2) is 4.79 Å². The number of nitrogens with one attached hydrogen (secondary N) is 1. The number of rotatable bonds is 0. The molecule has 2 heterocycles. The molecular weight excluding hydrogens is 238 g/mol. The molecule has 0 aliphatic carbocycles. The lowest BCUT2D eigenvalue weighted by molar-refractivity contribution is 1.07. The molecule has 0 fully saturated rings. The predicted octanol–water partition coefficient (Wildman–Crippen LogP) is 3.20. The second-order valence-corrected chi connectivity index (χ2v) is 4.41. The number of H-pyrrole nitrogens is 1. The van der Waals surface area contributed by atoms with E-state index in [4.69, 9.17) is 0 Å². The van der Waals surface area contributed by atoms with Crippen LogP contribution in [-0.4, -0.2) is 15.0 Å². The summed E-state index contributed by atoms with van der Waals surface area (Å²) in [4.78, 5) is 22.3. The molecule has 0 saturated carbocycles. The molecule has 3 aromatic rings. The van der Waals surface area contributed by atoms with Crippen LogP contribution in [0.3, 0.4) is 0 Å². The number of hydrogen-bond acceptors (Lipinski definition) is 3. The van der Waals surface area contributed by atoms with Crippen LogP contribution in [0, 0.1) is 6.92 Å². The molecule has 0 radical (unpaired) electrons. The van der Waals surface area contributed by atoms with Gasteiger partial charge >= 0.3 is 5.69 Å². The van der Waals surface area contributed by atoms with E-state index in [2.05, 4.69) is 28.8 Å². The van der Waals surface area contributed by atoms with Gasteiger partial charge in [0.25, 0.3) is 0 Å². The van der Waals surface area contributed by atoms with Gasteiger partial charge in [0.15, 0.2) is 0 Å². The number of fused-ring (bicyclic) bond motifs is 3. The van der Waals surface area contributed by atoms with Crippen LogP contribution in [0.25, 0.3) is 21.8 Å². The highest BCUT2D eigenvalue weighted by Gasteiger charge is 2.05. The number of benzene rings is 1. The van der Waals surface area contributed by atoms with Crippen LogP contribution in [0.1, 0.15) is 26.0 Å². The number of hydrogen-bond donors (Lipinski definition) is 1. The topological polar surface area (TPSA) is 58.6 Å². The summed E-state index contributed by atoms with van der Waals surface area (Å²) in [6, 6.07) is 7.64. The Morgan fingerprint density at radius 2 is 1.89 bits per heavy atom. The van der Waals surface area contributed by atoms with Crippen molar-refractivity contribution >= 4 is 21.8 Å². The van der Waals surface area contributed by atoms with E-state index in [-0.39, 0.29) is 5.69 Å². The number of aryl methyl sites for hydroxylation is 1. The summed E-state index contributed by atoms with van der Waals surface area (Å²) in [6.07, 6.45) is 2.98. The Kier molecular flexibility index (Phi) is 3.90. The van der Waals surface area contributed by atoms with Crippen LogP contribution < -0.4 is 5.69 Å². The average Bonchev–Trinajstić information content (AvgIpc) is 2.39. The first kappa shape index (κ1) is 13.2. The Balaban J connectivity index is 0.000000408. The predicted molar refractivity (Wildman–Crippen MR) is 78.4 cm³/mol. The number of nitrogens with zero attached hydrogens (tertiary/aromatic N) is 2. The first-order chi connectivity index (χ1) is 9.17. The van der Waals surface area contributed by atoms with Crippen molar-refractivity contribution < 1.29 is 0 Å². The second kappa shape index (κ2) is 5.61. The van der Waals surface area contributed by atoms with Crippen LogP contribution in [0.5, 0.6) is 0 Å². The van der Waals surface area contributed by atoms with Gasteiger partial charge in [-0.15, -0.1) is 0 Å². The third-order valence-corrected chi connectivity index (χ3v) is 2.67. The van der Waals surface area contributed by atoms with E-state index in [9.17, 15) is 4.79 Å². The third-order valence-electron chi connectivity index (χ3n) is 2.67. The largest absolute Gasteiger partial charge is 0.345 e. The lowest BCUT2D eigenvalue weighted by atomic mass is 10.1. The van der Waals surface area contributed by atoms with Gasteiger partial charge in [0.05, 0.1) is 11.0 Å². The Labute approximate surface area is 111 Å². The molecule has 0 aliphatic rings. The number of aromatic amines is 1. The summed E-state index contributed by atoms with van der Waals surface area (Å²) in [7, 11) is 0. The zero-order valence-corrected chi connectivity index (χ0v) is 11.4. The maximum Gasteiger partial charge on any atom is 0.345 e. The molecule has 0 aliphatic heterocycles. The first-order valence-electron chi connectivity index (χ1n) is 6.41. The van der Waals surface area contributed by atoms with Crippen molar-refractivity contribution in [3.05, 3.63) is 46.6 Å². The van der Waals surface area contributed by atoms with Crippen molar-refractivity contribution in [3.63, 3.8) is 0 Å². The van der Waals surface area contributed by atoms with Gasteiger partial charge < -0.3 is 4.98 Å². The van der Waals surface area contributed by atoms with Crippen molar-refractivity contribution in [1.29, 1.82) is 0 Å². The van der Waals surface area contributed by atoms with E-state index < -0.39 is 0 Å². The standard InChI is InChI=1S/C12H9N3O.C3H8/c1-7-8-4-5-10-9(3-2-6-13-10)11(8)15-12(16)14-7;1-3-2/h2-6H,1H3,(H,14,15,16);3H2,1-2H3. The smallest absolute Gasteiger partial charge is 0.309 e. The van der Waals surface area contributed by atoms with Crippen molar-refractivity contribution in [1.82, 2.24) is 15.0 Å². The van der Waals surface area contributed by atoms with E-state index in [1.807, 2.05) is 31.2 Å². The minimum Gasteiger partial charge on any atom is -0.309 e. The van der Waals surface area contributed by atoms with Crippen LogP contribution in [0.4, 0.5) is 0 Å². The molecule has 0 saturated heterocycles. The number of pyridine rings is 1. The fraction of sp³-hybridized carbons (Fsp3) is 0.267. The summed E-state index contributed by atoms with van der Waals surface area (Å²) >= 11 is 0. The summed E-state index contributed by atoms with van der Waals surface area (Å²) in [5.74, 6) is 0. The van der Waals surface area contributed by atoms with Gasteiger partial charge in [-0.3, -0.25) is 4.98 Å². The molecular formula is C15H17N3O. The fourth-order valence-corrected chi connectivity index (χ4v) is 1.92. The molecule has 2 aromatic heterocycles. The summed E-state index contributed by atoms with van der Waals surface area (Å²) in [5.41, 5.74) is 2.08. The van der Waals surface area contributed by atoms with Crippen molar-refractivity contribution in [3.8, 4) is 0 Å². The number of aromatic nitrogens is 3. The van der Waals surface area contributed by atoms with Gasteiger partial charge in [0, 0.05) is 22.7 Å². The van der Waals surface area contributed by atoms with Gasteiger partial charge in [0.1, 0.15) is 0 Å². The molecule has 0 bridgehead atoms. The highest BCUT2D eigenvalue weighted by molar-refractivity contribution is 6.04. The molecule has 4 heteroatoms. The molecule has 4 nitrogen and oxygen atoms in total. The molecule has 0 amide bonds. The van der Waals surface area contributed by atoms with Gasteiger partial charge in [0.2, 0.25) is 0 Å². The molecule has 98 valence electrons. The Bertz CT molecular complexity index is 762. The quantitative estimate of drug-likeness (QED) is 0.627. The molecule has 0 atom stereocenters. The Morgan fingerprint density at radius 1 is 1.16 bits per heavy atom. The lowest BCUT2D eigenvalue weighted by Crippen LogP contribution is -2.11. The van der Waals surface area contributed by atoms with Crippen LogP contribution in [-0.2, 0) is 0 Å². The summed E-state index contributed by atoms with van der Waals surface area (Å²) in [5, 5.41) is 1.87. The van der Waals surface area contributed by atoms with Crippen LogP contribution in [0.15, 0.2) is 35.3 Å². The second-order valence-electron chi connectivity index (χ2n) is 4.41. The van der Waals surface area contributed by atoms with Gasteiger partial charge in [-0.1, -0.05) is 20.3 Å². The Hall–Kier alpha value is -2.23. The van der Waals surface area contributed by atoms with E-state index in [1.165, 1.54) is 6.42 Å². The minimum atomic E-state index is -0.318. The maximum atomic E-state index is 11.4. The maximum absolute atomic E-state index is 11.4. The van der Waals surface area contributed by atoms with Gasteiger partial charge in [-0.05, 0) is 31.2 Å². The highest BCUT2D eigenvalue weighted by atomic mass is 16.1. The van der Waals surface area contributed by atoms with Crippen LogP contribution in [0.2, 0.25) is 0 Å². The summed E-state index contributed by atoms with van der Waals surface area (Å²) < 4.78 is 0. The van der Waals surface area contributed by atoms with Crippen LogP contribution >= 0.6 is 0 Å². The zero-order valence-electron chi connectivity index (χ0n) is 11.4. The fourth-order valence-electron chi connectivity index (χ4n) is 1.92. The monoisotopic (exact) mass is 255 g/mol. The summed E-state index contributed by atoms with van der Waals surface area (Å²) in [6.45, 7) is 6.12. The van der Waals surface area contributed by atoms with Gasteiger partial charge in [-0.2, -0.15) is 4.98 Å². The molecule has 0 unspecified atom stereocenters. The normalized spacial score (nSPS) is 10.3. The molecule has 1 aromatic carbocycles. The molecule has 0 spiro atoms. The average molecular weight is 255 g/mol. The minimum absolute atomic E-state index is 0.318. The van der Waals surface area contributed by atoms with Crippen molar-refractivity contribution in [2.75, 3.05) is 0 Å². The van der Waals surface area contributed by atoms with Crippen molar-refractivity contribution in [2.45, 2.75) is 27.2 Å². The Morgan fingerprint density at radius 3 is 2.63 bits per heavy atom. The highest BCUT2D eigenvalue weighted by Crippen LogP contribution is 2.21. The molecule has 19 heavy (non-hydrogen) atoms. The molecule has 3 rings (SSSR count). The lowest BCUT2D eigenvalue weighted by Gasteiger charge is -2.03. The molecule has 1 N–H and O–H groups in total. The van der Waals surface area contributed by atoms with E-state index in [1.54, 1.807) is 6.20 Å². The first-order valence-corrected chi connectivity index (χ1v) is 6.41. The van der Waals surface area contributed by atoms with E-state index in [0.29, 0.717) is 5.52 Å². The zero-order chi connectivity index (χ0) is 13.8.